The third-order valence-electron chi connectivity index (χ3n) is 2.67. The first-order valence-electron chi connectivity index (χ1n) is 4.60. The van der Waals surface area contributed by atoms with Crippen molar-refractivity contribution in [1.29, 1.82) is 0 Å². The monoisotopic (exact) mass is 203 g/mol. The number of thioether (sulfide) groups is 1. The first-order chi connectivity index (χ1) is 5.96. The molecular formula is C9H17NO2S. The van der Waals surface area contributed by atoms with E-state index in [1.165, 1.54) is 0 Å². The van der Waals surface area contributed by atoms with Crippen LogP contribution >= 0.6 is 11.8 Å². The molecule has 0 spiro atoms. The van der Waals surface area contributed by atoms with Gasteiger partial charge in [-0.1, -0.05) is 13.8 Å². The van der Waals surface area contributed by atoms with Gasteiger partial charge in [0.05, 0.1) is 4.87 Å². The Balaban J connectivity index is 2.65. The second kappa shape index (κ2) is 3.88. The number of aliphatic carboxylic acids is 1. The predicted molar refractivity (Wildman–Crippen MR) is 54.9 cm³/mol. The number of hydrogen-bond donors (Lipinski definition) is 2. The van der Waals surface area contributed by atoms with Crippen molar-refractivity contribution in [3.05, 3.63) is 0 Å². The number of carbonyl (C=O) groups is 1. The molecule has 76 valence electrons. The van der Waals surface area contributed by atoms with Crippen molar-refractivity contribution in [3.8, 4) is 0 Å². The Bertz CT molecular complexity index is 208. The minimum absolute atomic E-state index is 0.0820. The van der Waals surface area contributed by atoms with E-state index in [2.05, 4.69) is 26.1 Å². The fraction of sp³-hybridized carbons (Fsp3) is 0.889. The molecule has 1 rings (SSSR count). The predicted octanol–water partition coefficient (Wildman–Crippen LogP) is 1.54. The van der Waals surface area contributed by atoms with E-state index in [0.717, 1.165) is 12.2 Å². The van der Waals surface area contributed by atoms with Crippen molar-refractivity contribution in [2.45, 2.75) is 38.1 Å². The fourth-order valence-electron chi connectivity index (χ4n) is 1.37. The maximum absolute atomic E-state index is 10.8. The van der Waals surface area contributed by atoms with Crippen LogP contribution in [0.1, 0.15) is 27.2 Å². The molecule has 1 aliphatic rings. The van der Waals surface area contributed by atoms with Crippen molar-refractivity contribution in [1.82, 2.24) is 5.32 Å². The molecule has 1 heterocycles. The molecule has 0 radical (unpaired) electrons. The van der Waals surface area contributed by atoms with Gasteiger partial charge in [0.15, 0.2) is 0 Å². The van der Waals surface area contributed by atoms with Crippen LogP contribution < -0.4 is 5.32 Å². The quantitative estimate of drug-likeness (QED) is 0.714. The second-order valence-corrected chi connectivity index (χ2v) is 5.48. The lowest BCUT2D eigenvalue weighted by atomic mass is 10.0. The van der Waals surface area contributed by atoms with Gasteiger partial charge in [0.1, 0.15) is 6.04 Å². The summed E-state index contributed by atoms with van der Waals surface area (Å²) in [4.78, 5) is 10.7. The summed E-state index contributed by atoms with van der Waals surface area (Å²) in [6, 6.07) is -0.367. The van der Waals surface area contributed by atoms with E-state index in [0.29, 0.717) is 5.92 Å². The summed E-state index contributed by atoms with van der Waals surface area (Å²) in [5, 5.41) is 12.1. The molecule has 1 aliphatic heterocycles. The van der Waals surface area contributed by atoms with E-state index >= 15 is 0 Å². The molecule has 2 N–H and O–H groups in total. The summed E-state index contributed by atoms with van der Waals surface area (Å²) in [6.45, 7) is 6.31. The average Bonchev–Trinajstić information content (AvgIpc) is 2.04. The first-order valence-corrected chi connectivity index (χ1v) is 5.59. The van der Waals surface area contributed by atoms with Crippen LogP contribution in [0.3, 0.4) is 0 Å². The molecule has 0 saturated carbocycles. The first kappa shape index (κ1) is 10.9. The van der Waals surface area contributed by atoms with E-state index in [9.17, 15) is 4.79 Å². The van der Waals surface area contributed by atoms with Crippen LogP contribution in [0.5, 0.6) is 0 Å². The fourth-order valence-corrected chi connectivity index (χ4v) is 2.70. The summed E-state index contributed by atoms with van der Waals surface area (Å²) in [6.07, 6.45) is 0.725. The largest absolute Gasteiger partial charge is 0.480 e. The highest BCUT2D eigenvalue weighted by Crippen LogP contribution is 2.34. The zero-order chi connectivity index (χ0) is 10.1. The third kappa shape index (κ3) is 2.38. The van der Waals surface area contributed by atoms with Gasteiger partial charge in [-0.05, 0) is 25.0 Å². The zero-order valence-electron chi connectivity index (χ0n) is 8.33. The molecule has 1 saturated heterocycles. The van der Waals surface area contributed by atoms with Gasteiger partial charge in [-0.25, -0.2) is 0 Å². The number of nitrogens with one attached hydrogen (secondary N) is 1. The Morgan fingerprint density at radius 2 is 2.31 bits per heavy atom. The molecule has 1 fully saturated rings. The Morgan fingerprint density at radius 3 is 2.77 bits per heavy atom. The van der Waals surface area contributed by atoms with Crippen molar-refractivity contribution in [3.63, 3.8) is 0 Å². The van der Waals surface area contributed by atoms with Gasteiger partial charge in [-0.2, -0.15) is 0 Å². The molecule has 0 bridgehead atoms. The van der Waals surface area contributed by atoms with Crippen LogP contribution in [-0.2, 0) is 4.79 Å². The molecule has 4 heteroatoms. The molecule has 2 atom stereocenters. The highest BCUT2D eigenvalue weighted by atomic mass is 32.2. The van der Waals surface area contributed by atoms with Crippen molar-refractivity contribution in [2.24, 2.45) is 5.92 Å². The van der Waals surface area contributed by atoms with E-state index in [1.54, 1.807) is 0 Å². The Hall–Kier alpha value is -0.220. The van der Waals surface area contributed by atoms with E-state index in [4.69, 9.17) is 5.11 Å². The molecule has 3 nitrogen and oxygen atoms in total. The molecule has 2 unspecified atom stereocenters. The maximum atomic E-state index is 10.8. The minimum atomic E-state index is -0.729. The molecule has 13 heavy (non-hydrogen) atoms. The van der Waals surface area contributed by atoms with Gasteiger partial charge >= 0.3 is 5.97 Å². The zero-order valence-corrected chi connectivity index (χ0v) is 9.15. The number of hydrogen-bond acceptors (Lipinski definition) is 3. The van der Waals surface area contributed by atoms with Crippen LogP contribution in [0.25, 0.3) is 0 Å². The highest BCUT2D eigenvalue weighted by Gasteiger charge is 2.37. The van der Waals surface area contributed by atoms with E-state index in [-0.39, 0.29) is 10.9 Å². The smallest absolute Gasteiger partial charge is 0.320 e. The summed E-state index contributed by atoms with van der Waals surface area (Å²) in [7, 11) is 0. The topological polar surface area (TPSA) is 49.3 Å². The van der Waals surface area contributed by atoms with Gasteiger partial charge in [0.2, 0.25) is 0 Å². The Labute approximate surface area is 83.3 Å². The lowest BCUT2D eigenvalue weighted by Crippen LogP contribution is -2.55. The molecular weight excluding hydrogens is 186 g/mol. The van der Waals surface area contributed by atoms with Gasteiger partial charge in [0, 0.05) is 0 Å². The maximum Gasteiger partial charge on any atom is 0.320 e. The Kier molecular flexibility index (Phi) is 3.24. The van der Waals surface area contributed by atoms with Crippen LogP contribution in [-0.4, -0.2) is 27.7 Å². The normalized spacial score (nSPS) is 34.9. The number of carboxylic acid groups (broad SMARTS) is 1. The number of rotatable bonds is 2. The summed E-state index contributed by atoms with van der Waals surface area (Å²) in [5.41, 5.74) is 0. The summed E-state index contributed by atoms with van der Waals surface area (Å²) in [5.74, 6) is 0.644. The van der Waals surface area contributed by atoms with E-state index < -0.39 is 5.97 Å². The van der Waals surface area contributed by atoms with Crippen LogP contribution in [0.4, 0.5) is 0 Å². The lowest BCUT2D eigenvalue weighted by Gasteiger charge is -2.40. The lowest BCUT2D eigenvalue weighted by molar-refractivity contribution is -0.140. The average molecular weight is 203 g/mol. The molecule has 0 amide bonds. The number of carboxylic acids is 1. The summed E-state index contributed by atoms with van der Waals surface area (Å²) >= 11 is 1.82. The van der Waals surface area contributed by atoms with Crippen LogP contribution in [0.15, 0.2) is 0 Å². The van der Waals surface area contributed by atoms with Gasteiger partial charge in [-0.3, -0.25) is 10.1 Å². The second-order valence-electron chi connectivity index (χ2n) is 3.93. The SMILES string of the molecule is CC(C)C1(C)NC(C(=O)O)CCS1. The van der Waals surface area contributed by atoms with Gasteiger partial charge < -0.3 is 5.11 Å². The van der Waals surface area contributed by atoms with Crippen molar-refractivity contribution in [2.75, 3.05) is 5.75 Å². The molecule has 0 aromatic carbocycles. The van der Waals surface area contributed by atoms with E-state index in [1.807, 2.05) is 11.8 Å². The molecule has 0 aromatic rings. The summed E-state index contributed by atoms with van der Waals surface area (Å²) < 4.78 is 0. The van der Waals surface area contributed by atoms with Gasteiger partial charge in [-0.15, -0.1) is 11.8 Å². The van der Waals surface area contributed by atoms with Gasteiger partial charge in [0.25, 0.3) is 0 Å². The van der Waals surface area contributed by atoms with Crippen molar-refractivity contribution >= 4 is 17.7 Å². The minimum Gasteiger partial charge on any atom is -0.480 e. The Morgan fingerprint density at radius 1 is 1.69 bits per heavy atom. The third-order valence-corrected chi connectivity index (χ3v) is 4.30. The standard InChI is InChI=1S/C9H17NO2S/c1-6(2)9(3)10-7(8(11)12)4-5-13-9/h6-7,10H,4-5H2,1-3H3,(H,11,12). The van der Waals surface area contributed by atoms with Crippen molar-refractivity contribution < 1.29 is 9.90 Å². The highest BCUT2D eigenvalue weighted by molar-refractivity contribution is 8.00. The van der Waals surface area contributed by atoms with Crippen LogP contribution in [0.2, 0.25) is 0 Å². The molecule has 0 aromatic heterocycles. The van der Waals surface area contributed by atoms with Crippen LogP contribution in [0, 0.1) is 5.92 Å². The molecule has 0 aliphatic carbocycles.